The van der Waals surface area contributed by atoms with Crippen LogP contribution in [0.1, 0.15) is 15.9 Å². The van der Waals surface area contributed by atoms with Crippen molar-refractivity contribution < 1.29 is 13.9 Å². The van der Waals surface area contributed by atoms with Crippen molar-refractivity contribution >= 4 is 11.6 Å². The minimum atomic E-state index is -0.501. The molecule has 0 aromatic heterocycles. The second kappa shape index (κ2) is 6.37. The van der Waals surface area contributed by atoms with Crippen molar-refractivity contribution in [1.29, 1.82) is 0 Å². The predicted octanol–water partition coefficient (Wildman–Crippen LogP) is 2.57. The summed E-state index contributed by atoms with van der Waals surface area (Å²) in [5.41, 5.74) is 7.63. The zero-order chi connectivity index (χ0) is 15.4. The molecule has 2 rings (SSSR count). The van der Waals surface area contributed by atoms with E-state index >= 15 is 0 Å². The summed E-state index contributed by atoms with van der Waals surface area (Å²) >= 11 is 0. The van der Waals surface area contributed by atoms with E-state index in [1.165, 1.54) is 30.2 Å². The Hall–Kier alpha value is -2.40. The fourth-order valence-electron chi connectivity index (χ4n) is 2.11. The lowest BCUT2D eigenvalue weighted by Crippen LogP contribution is -2.27. The van der Waals surface area contributed by atoms with Gasteiger partial charge in [0.1, 0.15) is 0 Å². The molecule has 0 saturated carbocycles. The van der Waals surface area contributed by atoms with Crippen LogP contribution in [-0.4, -0.2) is 20.1 Å². The first kappa shape index (κ1) is 15.0. The number of hydrogen-bond acceptors (Lipinski definition) is 3. The van der Waals surface area contributed by atoms with Crippen LogP contribution in [0, 0.1) is 5.82 Å². The minimum Gasteiger partial charge on any atom is -0.494 e. The van der Waals surface area contributed by atoms with Crippen molar-refractivity contribution in [1.82, 2.24) is 0 Å². The largest absolute Gasteiger partial charge is 0.494 e. The van der Waals surface area contributed by atoms with Crippen LogP contribution in [-0.2, 0) is 6.54 Å². The van der Waals surface area contributed by atoms with Crippen molar-refractivity contribution in [2.45, 2.75) is 6.54 Å². The van der Waals surface area contributed by atoms with E-state index in [1.54, 1.807) is 7.05 Å². The minimum absolute atomic E-state index is 0.0429. The van der Waals surface area contributed by atoms with E-state index in [4.69, 9.17) is 10.5 Å². The molecule has 0 aliphatic rings. The van der Waals surface area contributed by atoms with Crippen LogP contribution < -0.4 is 15.4 Å². The highest BCUT2D eigenvalue weighted by molar-refractivity contribution is 6.06. The van der Waals surface area contributed by atoms with Gasteiger partial charge in [-0.05, 0) is 29.8 Å². The van der Waals surface area contributed by atoms with Gasteiger partial charge in [0.25, 0.3) is 5.91 Å². The Balaban J connectivity index is 2.35. The van der Waals surface area contributed by atoms with Crippen LogP contribution >= 0.6 is 0 Å². The lowest BCUT2D eigenvalue weighted by molar-refractivity contribution is 0.0992. The smallest absolute Gasteiger partial charge is 0.258 e. The van der Waals surface area contributed by atoms with E-state index < -0.39 is 5.82 Å². The Morgan fingerprint density at radius 1 is 1.29 bits per heavy atom. The van der Waals surface area contributed by atoms with Gasteiger partial charge in [0.05, 0.1) is 7.11 Å². The third kappa shape index (κ3) is 3.03. The van der Waals surface area contributed by atoms with Crippen LogP contribution in [0.25, 0.3) is 0 Å². The summed E-state index contributed by atoms with van der Waals surface area (Å²) < 4.78 is 18.3. The Bertz CT molecular complexity index is 658. The summed E-state index contributed by atoms with van der Waals surface area (Å²) in [6.07, 6.45) is 0. The molecule has 2 aromatic rings. The summed E-state index contributed by atoms with van der Waals surface area (Å²) in [7, 11) is 3.02. The van der Waals surface area contributed by atoms with Crippen molar-refractivity contribution in [3.05, 3.63) is 59.4 Å². The number of carbonyl (C=O) groups excluding carboxylic acids is 1. The molecule has 5 heteroatoms. The highest BCUT2D eigenvalue weighted by Gasteiger charge is 2.17. The summed E-state index contributed by atoms with van der Waals surface area (Å²) in [5.74, 6) is -0.713. The average molecular weight is 288 g/mol. The Kier molecular flexibility index (Phi) is 4.55. The standard InChI is InChI=1S/C16H17FN2O2/c1-19(14-6-4-3-5-12(14)10-18)16(20)11-7-8-13(17)15(9-11)21-2/h3-9H,10,18H2,1-2H3. The molecule has 0 saturated heterocycles. The van der Waals surface area contributed by atoms with Crippen LogP contribution in [0.4, 0.5) is 10.1 Å². The maximum absolute atomic E-state index is 13.4. The van der Waals surface area contributed by atoms with Gasteiger partial charge in [0.2, 0.25) is 0 Å². The molecule has 0 aliphatic carbocycles. The average Bonchev–Trinajstić information content (AvgIpc) is 2.53. The number of methoxy groups -OCH3 is 1. The summed E-state index contributed by atoms with van der Waals surface area (Å²) in [6.45, 7) is 0.334. The number of ether oxygens (including phenoxy) is 1. The first-order chi connectivity index (χ1) is 10.1. The number of nitrogens with zero attached hydrogens (tertiary/aromatic N) is 1. The number of hydrogen-bond donors (Lipinski definition) is 1. The highest BCUT2D eigenvalue weighted by Crippen LogP contribution is 2.23. The normalized spacial score (nSPS) is 10.3. The predicted molar refractivity (Wildman–Crippen MR) is 80.0 cm³/mol. The van der Waals surface area contributed by atoms with E-state index in [-0.39, 0.29) is 11.7 Å². The topological polar surface area (TPSA) is 55.6 Å². The van der Waals surface area contributed by atoms with Crippen molar-refractivity contribution in [3.63, 3.8) is 0 Å². The molecule has 0 fully saturated rings. The van der Waals surface area contributed by atoms with E-state index in [0.717, 1.165) is 11.3 Å². The van der Waals surface area contributed by atoms with Crippen LogP contribution in [0.2, 0.25) is 0 Å². The highest BCUT2D eigenvalue weighted by atomic mass is 19.1. The number of halogens is 1. The number of rotatable bonds is 4. The number of anilines is 1. The van der Waals surface area contributed by atoms with Gasteiger partial charge in [-0.25, -0.2) is 4.39 Å². The molecule has 0 atom stereocenters. The quantitative estimate of drug-likeness (QED) is 0.940. The molecule has 0 bridgehead atoms. The molecule has 0 unspecified atom stereocenters. The Labute approximate surface area is 122 Å². The maximum atomic E-state index is 13.4. The van der Waals surface area contributed by atoms with Gasteiger partial charge >= 0.3 is 0 Å². The summed E-state index contributed by atoms with van der Waals surface area (Å²) in [4.78, 5) is 14.0. The molecule has 0 aliphatic heterocycles. The molecule has 2 aromatic carbocycles. The van der Waals surface area contributed by atoms with E-state index in [1.807, 2.05) is 24.3 Å². The number of carbonyl (C=O) groups is 1. The van der Waals surface area contributed by atoms with E-state index in [0.29, 0.717) is 12.1 Å². The van der Waals surface area contributed by atoms with Crippen LogP contribution in [0.3, 0.4) is 0 Å². The number of para-hydroxylation sites is 1. The van der Waals surface area contributed by atoms with Crippen molar-refractivity contribution in [3.8, 4) is 5.75 Å². The second-order valence-corrected chi connectivity index (χ2v) is 4.55. The number of amides is 1. The number of nitrogens with two attached hydrogens (primary N) is 1. The van der Waals surface area contributed by atoms with E-state index in [2.05, 4.69) is 0 Å². The SMILES string of the molecule is COc1cc(C(=O)N(C)c2ccccc2CN)ccc1F. The molecule has 110 valence electrons. The second-order valence-electron chi connectivity index (χ2n) is 4.55. The molecule has 4 nitrogen and oxygen atoms in total. The fraction of sp³-hybridized carbons (Fsp3) is 0.188. The van der Waals surface area contributed by atoms with Gasteiger partial charge in [0.15, 0.2) is 11.6 Å². The molecule has 0 radical (unpaired) electrons. The van der Waals surface area contributed by atoms with Crippen molar-refractivity contribution in [2.24, 2.45) is 5.73 Å². The molecule has 21 heavy (non-hydrogen) atoms. The molecular formula is C16H17FN2O2. The third-order valence-electron chi connectivity index (χ3n) is 3.28. The fourth-order valence-corrected chi connectivity index (χ4v) is 2.11. The van der Waals surface area contributed by atoms with Gasteiger partial charge < -0.3 is 15.4 Å². The molecule has 0 heterocycles. The monoisotopic (exact) mass is 288 g/mol. The molecule has 1 amide bonds. The molecular weight excluding hydrogens is 271 g/mol. The van der Waals surface area contributed by atoms with Crippen LogP contribution in [0.5, 0.6) is 5.75 Å². The third-order valence-corrected chi connectivity index (χ3v) is 3.28. The Morgan fingerprint density at radius 3 is 2.67 bits per heavy atom. The number of benzene rings is 2. The van der Waals surface area contributed by atoms with Gasteiger partial charge in [0, 0.05) is 24.8 Å². The summed E-state index contributed by atoms with van der Waals surface area (Å²) in [5, 5.41) is 0. The van der Waals surface area contributed by atoms with Gasteiger partial charge in [-0.15, -0.1) is 0 Å². The first-order valence-corrected chi connectivity index (χ1v) is 6.48. The maximum Gasteiger partial charge on any atom is 0.258 e. The summed E-state index contributed by atoms with van der Waals surface area (Å²) in [6, 6.07) is 11.4. The first-order valence-electron chi connectivity index (χ1n) is 6.48. The lowest BCUT2D eigenvalue weighted by atomic mass is 10.1. The Morgan fingerprint density at radius 2 is 2.00 bits per heavy atom. The van der Waals surface area contributed by atoms with E-state index in [9.17, 15) is 9.18 Å². The lowest BCUT2D eigenvalue weighted by Gasteiger charge is -2.20. The zero-order valence-corrected chi connectivity index (χ0v) is 12.0. The zero-order valence-electron chi connectivity index (χ0n) is 12.0. The van der Waals surface area contributed by atoms with Gasteiger partial charge in [-0.1, -0.05) is 18.2 Å². The van der Waals surface area contributed by atoms with Crippen molar-refractivity contribution in [2.75, 3.05) is 19.1 Å². The van der Waals surface area contributed by atoms with Gasteiger partial charge in [-0.3, -0.25) is 4.79 Å². The molecule has 2 N–H and O–H groups in total. The van der Waals surface area contributed by atoms with Gasteiger partial charge in [-0.2, -0.15) is 0 Å². The molecule has 0 spiro atoms. The van der Waals surface area contributed by atoms with Crippen LogP contribution in [0.15, 0.2) is 42.5 Å².